The zero-order chi connectivity index (χ0) is 23.7. The Bertz CT molecular complexity index is 1010. The van der Waals surface area contributed by atoms with E-state index in [1.807, 2.05) is 55.4 Å². The lowest BCUT2D eigenvalue weighted by atomic mass is 9.51. The molecule has 0 aliphatic carbocycles. The van der Waals surface area contributed by atoms with Crippen molar-refractivity contribution in [3.8, 4) is 11.4 Å². The molecule has 0 N–H and O–H groups in total. The monoisotopic (exact) mass is 427 g/mol. The number of para-hydroxylation sites is 4. The number of nitrogens with zero attached hydrogens (tertiary/aromatic N) is 3. The van der Waals surface area contributed by atoms with Crippen LogP contribution in [0.5, 0.6) is 0 Å². The molecule has 0 amide bonds. The molecule has 0 unspecified atom stereocenters. The predicted octanol–water partition coefficient (Wildman–Crippen LogP) is 6.94. The highest BCUT2D eigenvalue weighted by Gasteiger charge is 2.42. The second-order valence-corrected chi connectivity index (χ2v) is 6.36. The zero-order valence-electron chi connectivity index (χ0n) is 21.0. The Balaban J connectivity index is 0.000000413. The van der Waals surface area contributed by atoms with E-state index in [-0.39, 0.29) is 6.85 Å². The van der Waals surface area contributed by atoms with Gasteiger partial charge in [-0.05, 0) is 48.5 Å². The number of hydrogen-bond acceptors (Lipinski definition) is 1. The van der Waals surface area contributed by atoms with E-state index < -0.39 is 0 Å². The molecule has 4 heterocycles. The van der Waals surface area contributed by atoms with Gasteiger partial charge in [-0.3, -0.25) is 0 Å². The number of rotatable bonds is 0. The minimum Gasteiger partial charge on any atom is -0.372 e. The summed E-state index contributed by atoms with van der Waals surface area (Å²) >= 11 is 0. The molecule has 4 aromatic rings. The molecular weight excluding hydrogens is 389 g/mol. The molecule has 32 heavy (non-hydrogen) atoms. The average molecular weight is 427 g/mol. The first kappa shape index (κ1) is 25.1. The molecule has 0 fully saturated rings. The maximum Gasteiger partial charge on any atom is 0.363 e. The summed E-state index contributed by atoms with van der Waals surface area (Å²) in [5.41, 5.74) is 7.61. The van der Waals surface area contributed by atoms with Crippen molar-refractivity contribution in [2.75, 3.05) is 4.81 Å². The van der Waals surface area contributed by atoms with Crippen LogP contribution in [0.2, 0.25) is 0 Å². The van der Waals surface area contributed by atoms with Crippen molar-refractivity contribution in [3.63, 3.8) is 0 Å². The fourth-order valence-corrected chi connectivity index (χ4v) is 4.24. The first-order valence-corrected chi connectivity index (χ1v) is 12.3. The van der Waals surface area contributed by atoms with E-state index in [1.54, 1.807) is 0 Å². The van der Waals surface area contributed by atoms with Gasteiger partial charge in [-0.2, -0.15) is 0 Å². The highest BCUT2D eigenvalue weighted by molar-refractivity contribution is 6.89. The first-order chi connectivity index (χ1) is 15.9. The van der Waals surface area contributed by atoms with Gasteiger partial charge < -0.3 is 13.9 Å². The number of aromatic nitrogens is 2. The largest absolute Gasteiger partial charge is 0.372 e. The molecule has 0 spiro atoms. The molecule has 2 aliphatic heterocycles. The smallest absolute Gasteiger partial charge is 0.363 e. The van der Waals surface area contributed by atoms with E-state index in [0.29, 0.717) is 0 Å². The van der Waals surface area contributed by atoms with Crippen molar-refractivity contribution in [2.45, 2.75) is 55.4 Å². The lowest BCUT2D eigenvalue weighted by molar-refractivity contribution is 1.04. The van der Waals surface area contributed by atoms with Crippen LogP contribution < -0.4 is 16.0 Å². The third-order valence-electron chi connectivity index (χ3n) is 5.18. The van der Waals surface area contributed by atoms with Gasteiger partial charge in [-0.1, -0.05) is 79.7 Å². The van der Waals surface area contributed by atoms with Crippen LogP contribution in [0.4, 0.5) is 11.4 Å². The van der Waals surface area contributed by atoms with Gasteiger partial charge in [0.05, 0.1) is 22.7 Å². The van der Waals surface area contributed by atoms with E-state index >= 15 is 0 Å². The number of hydrogen-bond donors (Lipinski definition) is 0. The highest BCUT2D eigenvalue weighted by Crippen LogP contribution is 2.39. The quantitative estimate of drug-likeness (QED) is 0.277. The molecular formula is C28H38BN3. The minimum atomic E-state index is 0.194. The topological polar surface area (TPSA) is 13.1 Å². The Morgan fingerprint density at radius 1 is 0.438 bits per heavy atom. The third kappa shape index (κ3) is 4.02. The van der Waals surface area contributed by atoms with Gasteiger partial charge in [0.15, 0.2) is 0 Å². The van der Waals surface area contributed by atoms with Crippen molar-refractivity contribution in [3.05, 3.63) is 85.2 Å². The van der Waals surface area contributed by atoms with Gasteiger partial charge in [0.2, 0.25) is 0 Å². The van der Waals surface area contributed by atoms with Crippen LogP contribution in [0, 0.1) is 0 Å². The Morgan fingerprint density at radius 2 is 0.781 bits per heavy atom. The van der Waals surface area contributed by atoms with Crippen molar-refractivity contribution < 1.29 is 0 Å². The van der Waals surface area contributed by atoms with Crippen LogP contribution in [0.1, 0.15) is 55.4 Å². The Labute approximate surface area is 195 Å². The van der Waals surface area contributed by atoms with Gasteiger partial charge in [-0.15, -0.1) is 0 Å². The zero-order valence-corrected chi connectivity index (χ0v) is 21.0. The SMILES string of the molecule is CC.CC.CC.CC.c1ccc2c(c1)N1B(c3cccn3-2)c2cccn2-c2ccccc21. The summed E-state index contributed by atoms with van der Waals surface area (Å²) in [6, 6.07) is 26.1. The molecule has 0 saturated heterocycles. The van der Waals surface area contributed by atoms with Crippen LogP contribution in [-0.2, 0) is 0 Å². The van der Waals surface area contributed by atoms with Crippen molar-refractivity contribution in [1.82, 2.24) is 9.13 Å². The molecule has 6 rings (SSSR count). The molecule has 2 aromatic carbocycles. The summed E-state index contributed by atoms with van der Waals surface area (Å²) in [7, 11) is 0. The molecule has 168 valence electrons. The fourth-order valence-electron chi connectivity index (χ4n) is 4.24. The number of anilines is 2. The molecule has 0 saturated carbocycles. The molecule has 0 atom stereocenters. The molecule has 0 bridgehead atoms. The van der Waals surface area contributed by atoms with E-state index in [0.717, 1.165) is 0 Å². The Kier molecular flexibility index (Phi) is 9.46. The molecule has 0 radical (unpaired) electrons. The number of fused-ring (bicyclic) bond motifs is 11. The molecule has 4 heteroatoms. The molecule has 3 nitrogen and oxygen atoms in total. The van der Waals surface area contributed by atoms with Gasteiger partial charge in [0.1, 0.15) is 0 Å². The van der Waals surface area contributed by atoms with E-state index in [9.17, 15) is 0 Å². The van der Waals surface area contributed by atoms with E-state index in [2.05, 4.69) is 99.1 Å². The summed E-state index contributed by atoms with van der Waals surface area (Å²) in [6.45, 7) is 16.2. The van der Waals surface area contributed by atoms with Crippen LogP contribution in [-0.4, -0.2) is 16.0 Å². The first-order valence-electron chi connectivity index (χ1n) is 12.3. The van der Waals surface area contributed by atoms with Gasteiger partial charge in [0, 0.05) is 23.6 Å². The predicted molar refractivity (Wildman–Crippen MR) is 144 cm³/mol. The van der Waals surface area contributed by atoms with Gasteiger partial charge in [0.25, 0.3) is 0 Å². The van der Waals surface area contributed by atoms with Crippen molar-refractivity contribution in [1.29, 1.82) is 0 Å². The minimum absolute atomic E-state index is 0.194. The van der Waals surface area contributed by atoms with E-state index in [1.165, 1.54) is 33.9 Å². The standard InChI is InChI=1S/C20H14BN3.4C2H6/c1-3-9-17-15(7-1)22-13-5-11-19(22)21-20-12-6-14-23(20)16-8-2-4-10-18(16)24(17)21;4*1-2/h1-14H;4*1-2H3. The summed E-state index contributed by atoms with van der Waals surface area (Å²) in [4.78, 5) is 2.48. The second kappa shape index (κ2) is 12.0. The maximum atomic E-state index is 2.48. The van der Waals surface area contributed by atoms with Gasteiger partial charge in [-0.25, -0.2) is 0 Å². The normalized spacial score (nSPS) is 11.0. The van der Waals surface area contributed by atoms with Crippen LogP contribution >= 0.6 is 0 Å². The van der Waals surface area contributed by atoms with Crippen LogP contribution in [0.3, 0.4) is 0 Å². The molecule has 2 aliphatic rings. The lowest BCUT2D eigenvalue weighted by Crippen LogP contribution is -2.63. The molecule has 2 aromatic heterocycles. The summed E-state index contributed by atoms with van der Waals surface area (Å²) in [5.74, 6) is 0. The third-order valence-corrected chi connectivity index (χ3v) is 5.18. The fraction of sp³-hybridized carbons (Fsp3) is 0.286. The van der Waals surface area contributed by atoms with Crippen molar-refractivity contribution >= 4 is 29.4 Å². The summed E-state index contributed by atoms with van der Waals surface area (Å²) in [5, 5.41) is 0. The Hall–Kier alpha value is -3.14. The highest BCUT2D eigenvalue weighted by atomic mass is 15.2. The lowest BCUT2D eigenvalue weighted by Gasteiger charge is -2.42. The van der Waals surface area contributed by atoms with Crippen LogP contribution in [0.25, 0.3) is 11.4 Å². The Morgan fingerprint density at radius 3 is 1.16 bits per heavy atom. The number of benzene rings is 2. The van der Waals surface area contributed by atoms with Gasteiger partial charge >= 0.3 is 6.85 Å². The average Bonchev–Trinajstić information content (AvgIpc) is 3.59. The van der Waals surface area contributed by atoms with E-state index in [4.69, 9.17) is 0 Å². The summed E-state index contributed by atoms with van der Waals surface area (Å²) in [6.07, 6.45) is 4.33. The van der Waals surface area contributed by atoms with Crippen LogP contribution in [0.15, 0.2) is 85.2 Å². The second-order valence-electron chi connectivity index (χ2n) is 6.36. The summed E-state index contributed by atoms with van der Waals surface area (Å²) < 4.78 is 4.64. The maximum absolute atomic E-state index is 2.48. The van der Waals surface area contributed by atoms with Crippen molar-refractivity contribution in [2.24, 2.45) is 0 Å².